The second-order valence-corrected chi connectivity index (χ2v) is 6.22. The molecule has 140 valence electrons. The van der Waals surface area contributed by atoms with Crippen LogP contribution in [-0.4, -0.2) is 34.3 Å². The average molecular weight is 372 g/mol. The van der Waals surface area contributed by atoms with Gasteiger partial charge in [0, 0.05) is 30.3 Å². The van der Waals surface area contributed by atoms with Crippen LogP contribution >= 0.6 is 0 Å². The molecule has 0 aliphatic heterocycles. The van der Waals surface area contributed by atoms with Crippen LogP contribution in [0.3, 0.4) is 0 Å². The van der Waals surface area contributed by atoms with Gasteiger partial charge in [-0.25, -0.2) is 9.18 Å². The predicted molar refractivity (Wildman–Crippen MR) is 93.4 cm³/mol. The Bertz CT molecular complexity index is 865. The minimum atomic E-state index is -0.750. The van der Waals surface area contributed by atoms with Crippen LogP contribution < -0.4 is 0 Å². The van der Waals surface area contributed by atoms with Crippen LogP contribution in [0.2, 0.25) is 0 Å². The third-order valence-electron chi connectivity index (χ3n) is 4.25. The highest BCUT2D eigenvalue weighted by Crippen LogP contribution is 2.29. The van der Waals surface area contributed by atoms with Gasteiger partial charge in [0.05, 0.1) is 10.5 Å². The van der Waals surface area contributed by atoms with Gasteiger partial charge >= 0.3 is 5.97 Å². The highest BCUT2D eigenvalue weighted by Gasteiger charge is 2.33. The zero-order chi connectivity index (χ0) is 19.4. The van der Waals surface area contributed by atoms with Gasteiger partial charge in [-0.15, -0.1) is 0 Å². The number of carbonyl (C=O) groups excluding carboxylic acids is 2. The third-order valence-corrected chi connectivity index (χ3v) is 4.25. The summed E-state index contributed by atoms with van der Waals surface area (Å²) in [6.45, 7) is -0.355. The number of rotatable bonds is 7. The van der Waals surface area contributed by atoms with E-state index in [1.807, 2.05) is 0 Å². The largest absolute Gasteiger partial charge is 0.452 e. The van der Waals surface area contributed by atoms with Crippen molar-refractivity contribution in [3.63, 3.8) is 0 Å². The summed E-state index contributed by atoms with van der Waals surface area (Å²) in [5.41, 5.74) is 0.368. The van der Waals surface area contributed by atoms with Gasteiger partial charge in [-0.05, 0) is 31.0 Å². The van der Waals surface area contributed by atoms with Crippen LogP contribution in [0.25, 0.3) is 0 Å². The SMILES string of the molecule is O=C(OCC(=O)N(Cc1ccccc1F)C1CC1)c1ccc([N+](=O)[O-])cc1. The number of esters is 1. The normalized spacial score (nSPS) is 13.1. The summed E-state index contributed by atoms with van der Waals surface area (Å²) in [6, 6.07) is 11.2. The lowest BCUT2D eigenvalue weighted by Crippen LogP contribution is -2.36. The summed E-state index contributed by atoms with van der Waals surface area (Å²) < 4.78 is 18.9. The Kier molecular flexibility index (Phi) is 5.44. The lowest BCUT2D eigenvalue weighted by atomic mass is 10.2. The molecular formula is C19H17FN2O5. The molecule has 0 radical (unpaired) electrons. The lowest BCUT2D eigenvalue weighted by molar-refractivity contribution is -0.384. The third kappa shape index (κ3) is 4.66. The first-order chi connectivity index (χ1) is 13.0. The van der Waals surface area contributed by atoms with Crippen molar-refractivity contribution in [2.24, 2.45) is 0 Å². The number of hydrogen-bond donors (Lipinski definition) is 0. The van der Waals surface area contributed by atoms with Gasteiger partial charge in [0.15, 0.2) is 6.61 Å². The summed E-state index contributed by atoms with van der Waals surface area (Å²) in [7, 11) is 0. The van der Waals surface area contributed by atoms with Crippen molar-refractivity contribution >= 4 is 17.6 Å². The van der Waals surface area contributed by atoms with Crippen LogP contribution in [0.15, 0.2) is 48.5 Å². The molecule has 0 spiro atoms. The Morgan fingerprint density at radius 3 is 2.41 bits per heavy atom. The zero-order valence-electron chi connectivity index (χ0n) is 14.3. The summed E-state index contributed by atoms with van der Waals surface area (Å²) in [5, 5.41) is 10.6. The molecule has 2 aromatic carbocycles. The average Bonchev–Trinajstić information content (AvgIpc) is 3.50. The quantitative estimate of drug-likeness (QED) is 0.423. The van der Waals surface area contributed by atoms with Crippen molar-refractivity contribution < 1.29 is 23.6 Å². The molecule has 1 amide bonds. The molecule has 0 bridgehead atoms. The molecule has 8 heteroatoms. The smallest absolute Gasteiger partial charge is 0.338 e. The lowest BCUT2D eigenvalue weighted by Gasteiger charge is -2.22. The number of halogens is 1. The highest BCUT2D eigenvalue weighted by molar-refractivity contribution is 5.91. The maximum atomic E-state index is 13.9. The predicted octanol–water partition coefficient (Wildman–Crippen LogP) is 3.08. The molecule has 0 N–H and O–H groups in total. The van der Waals surface area contributed by atoms with Gasteiger partial charge in [-0.1, -0.05) is 18.2 Å². The van der Waals surface area contributed by atoms with Crippen LogP contribution in [0, 0.1) is 15.9 Å². The van der Waals surface area contributed by atoms with E-state index in [-0.39, 0.29) is 29.7 Å². The second kappa shape index (κ2) is 7.94. The Morgan fingerprint density at radius 1 is 1.15 bits per heavy atom. The zero-order valence-corrected chi connectivity index (χ0v) is 14.3. The number of hydrogen-bond acceptors (Lipinski definition) is 5. The molecule has 0 saturated heterocycles. The van der Waals surface area contributed by atoms with Crippen LogP contribution in [0.5, 0.6) is 0 Å². The fraction of sp³-hybridized carbons (Fsp3) is 0.263. The number of nitro groups is 1. The molecule has 7 nitrogen and oxygen atoms in total. The Balaban J connectivity index is 1.60. The van der Waals surface area contributed by atoms with Crippen molar-refractivity contribution in [3.8, 4) is 0 Å². The van der Waals surface area contributed by atoms with Gasteiger partial charge in [-0.3, -0.25) is 14.9 Å². The van der Waals surface area contributed by atoms with E-state index in [1.165, 1.54) is 35.2 Å². The molecule has 0 aromatic heterocycles. The van der Waals surface area contributed by atoms with E-state index in [4.69, 9.17) is 4.74 Å². The number of nitro benzene ring substituents is 1. The van der Waals surface area contributed by atoms with Crippen LogP contribution in [0.1, 0.15) is 28.8 Å². The number of carbonyl (C=O) groups is 2. The maximum absolute atomic E-state index is 13.9. The number of nitrogens with zero attached hydrogens (tertiary/aromatic N) is 2. The van der Waals surface area contributed by atoms with Crippen molar-refractivity contribution in [2.75, 3.05) is 6.61 Å². The van der Waals surface area contributed by atoms with E-state index in [1.54, 1.807) is 18.2 Å². The standard InChI is InChI=1S/C19H17FN2O5/c20-17-4-2-1-3-14(17)11-21(15-9-10-15)18(23)12-27-19(24)13-5-7-16(8-6-13)22(25)26/h1-8,15H,9-12H2. The first kappa shape index (κ1) is 18.5. The number of benzene rings is 2. The molecule has 0 heterocycles. The van der Waals surface area contributed by atoms with E-state index in [2.05, 4.69) is 0 Å². The number of non-ortho nitro benzene ring substituents is 1. The maximum Gasteiger partial charge on any atom is 0.338 e. The summed E-state index contributed by atoms with van der Waals surface area (Å²) in [5.74, 6) is -1.55. The molecule has 27 heavy (non-hydrogen) atoms. The van der Waals surface area contributed by atoms with Crippen molar-refractivity contribution in [1.82, 2.24) is 4.90 Å². The van der Waals surface area contributed by atoms with E-state index in [0.717, 1.165) is 12.8 Å². The number of amides is 1. The van der Waals surface area contributed by atoms with Crippen molar-refractivity contribution in [2.45, 2.75) is 25.4 Å². The molecule has 1 saturated carbocycles. The topological polar surface area (TPSA) is 89.8 Å². The first-order valence-corrected chi connectivity index (χ1v) is 8.40. The van der Waals surface area contributed by atoms with Gasteiger partial charge < -0.3 is 9.64 Å². The Hall–Kier alpha value is -3.29. The molecule has 2 aromatic rings. The molecule has 3 rings (SSSR count). The first-order valence-electron chi connectivity index (χ1n) is 8.40. The fourth-order valence-corrected chi connectivity index (χ4v) is 2.63. The molecule has 1 aliphatic rings. The summed E-state index contributed by atoms with van der Waals surface area (Å²) in [4.78, 5) is 36.1. The fourth-order valence-electron chi connectivity index (χ4n) is 2.63. The van der Waals surface area contributed by atoms with Crippen LogP contribution in [-0.2, 0) is 16.1 Å². The second-order valence-electron chi connectivity index (χ2n) is 6.22. The van der Waals surface area contributed by atoms with E-state index < -0.39 is 23.4 Å². The monoisotopic (exact) mass is 372 g/mol. The van der Waals surface area contributed by atoms with Crippen LogP contribution in [0.4, 0.5) is 10.1 Å². The molecule has 1 fully saturated rings. The number of ether oxygens (including phenoxy) is 1. The van der Waals surface area contributed by atoms with Gasteiger partial charge in [0.2, 0.25) is 0 Å². The minimum absolute atomic E-state index is 0.0233. The van der Waals surface area contributed by atoms with Crippen molar-refractivity contribution in [1.29, 1.82) is 0 Å². The molecule has 0 atom stereocenters. The van der Waals surface area contributed by atoms with Crippen molar-refractivity contribution in [3.05, 3.63) is 75.6 Å². The minimum Gasteiger partial charge on any atom is -0.452 e. The van der Waals surface area contributed by atoms with Gasteiger partial charge in [0.25, 0.3) is 11.6 Å². The Labute approximate surface area is 154 Å². The molecule has 0 unspecified atom stereocenters. The Morgan fingerprint density at radius 2 is 1.81 bits per heavy atom. The summed E-state index contributed by atoms with van der Waals surface area (Å²) in [6.07, 6.45) is 1.66. The van der Waals surface area contributed by atoms with E-state index in [0.29, 0.717) is 5.56 Å². The van der Waals surface area contributed by atoms with Gasteiger partial charge in [0.1, 0.15) is 5.82 Å². The molecular weight excluding hydrogens is 355 g/mol. The molecule has 1 aliphatic carbocycles. The van der Waals surface area contributed by atoms with E-state index >= 15 is 0 Å². The van der Waals surface area contributed by atoms with Gasteiger partial charge in [-0.2, -0.15) is 0 Å². The van der Waals surface area contributed by atoms with E-state index in [9.17, 15) is 24.1 Å². The summed E-state index contributed by atoms with van der Waals surface area (Å²) >= 11 is 0. The highest BCUT2D eigenvalue weighted by atomic mass is 19.1.